The molecule has 0 aliphatic carbocycles. The number of hydrogen-bond donors (Lipinski definition) is 2. The number of nitrogens with zero attached hydrogens (tertiary/aromatic N) is 6. The van der Waals surface area contributed by atoms with Gasteiger partial charge < -0.3 is 30.1 Å². The van der Waals surface area contributed by atoms with Crippen LogP contribution in [0.2, 0.25) is 0 Å². The van der Waals surface area contributed by atoms with Crippen molar-refractivity contribution in [3.63, 3.8) is 0 Å². The monoisotopic (exact) mass is 528 g/mol. The Hall–Kier alpha value is -2.87. The quantitative estimate of drug-likeness (QED) is 0.496. The Kier molecular flexibility index (Phi) is 8.34. The molecule has 0 atom stereocenters. The predicted molar refractivity (Wildman–Crippen MR) is 132 cm³/mol. The maximum Gasteiger partial charge on any atom is 0.421 e. The number of aromatic nitrogens is 3. The number of likely N-dealkylation sites (N-methyl/N-ethyl adjacent to an activating group) is 1. The molecule has 0 radical (unpaired) electrons. The first kappa shape index (κ1) is 26.2. The Morgan fingerprint density at radius 1 is 1.14 bits per heavy atom. The van der Waals surface area contributed by atoms with E-state index in [0.29, 0.717) is 31.1 Å². The number of hydrogen-bond acceptors (Lipinski definition) is 10. The Balaban J connectivity index is 1.41. The Morgan fingerprint density at radius 3 is 2.67 bits per heavy atom. The van der Waals surface area contributed by atoms with Crippen LogP contribution in [0.25, 0.3) is 0 Å². The third kappa shape index (κ3) is 6.66. The van der Waals surface area contributed by atoms with Gasteiger partial charge in [-0.2, -0.15) is 18.2 Å². The fraction of sp³-hybridized carbons (Fsp3) is 0.636. The molecule has 2 N–H and O–H groups in total. The third-order valence-corrected chi connectivity index (χ3v) is 7.22. The van der Waals surface area contributed by atoms with E-state index < -0.39 is 11.7 Å². The summed E-state index contributed by atoms with van der Waals surface area (Å²) < 4.78 is 45.8. The number of anilines is 4. The zero-order chi connectivity index (χ0) is 25.7. The maximum atomic E-state index is 13.6. The molecule has 0 bridgehead atoms. The van der Waals surface area contributed by atoms with Gasteiger partial charge in [-0.3, -0.25) is 0 Å². The van der Waals surface area contributed by atoms with Gasteiger partial charge in [-0.1, -0.05) is 11.3 Å². The lowest BCUT2D eigenvalue weighted by Gasteiger charge is -2.32. The van der Waals surface area contributed by atoms with Gasteiger partial charge in [0.1, 0.15) is 16.4 Å². The van der Waals surface area contributed by atoms with Crippen molar-refractivity contribution in [2.45, 2.75) is 32.4 Å². The largest absolute Gasteiger partial charge is 0.449 e. The number of alkyl halides is 3. The third-order valence-electron chi connectivity index (χ3n) is 6.08. The molecule has 0 unspecified atom stereocenters. The second-order valence-electron chi connectivity index (χ2n) is 8.87. The number of ether oxygens (including phenoxy) is 1. The number of rotatable bonds is 8. The number of thiazole rings is 1. The average molecular weight is 529 g/mol. The summed E-state index contributed by atoms with van der Waals surface area (Å²) in [5.41, 5.74) is -0.211. The van der Waals surface area contributed by atoms with Crippen LogP contribution in [-0.2, 0) is 10.9 Å². The highest BCUT2D eigenvalue weighted by atomic mass is 32.1. The van der Waals surface area contributed by atoms with Crippen molar-refractivity contribution in [3.8, 4) is 0 Å². The van der Waals surface area contributed by atoms with Gasteiger partial charge in [-0.15, -0.1) is 0 Å². The molecule has 4 heterocycles. The topological polar surface area (TPSA) is 98.8 Å². The van der Waals surface area contributed by atoms with Crippen LogP contribution in [0.4, 0.5) is 39.9 Å². The highest BCUT2D eigenvalue weighted by Gasteiger charge is 2.35. The van der Waals surface area contributed by atoms with Crippen LogP contribution in [0.5, 0.6) is 0 Å². The van der Waals surface area contributed by atoms with Gasteiger partial charge in [0.15, 0.2) is 5.13 Å². The van der Waals surface area contributed by atoms with E-state index in [0.717, 1.165) is 56.0 Å². The highest BCUT2D eigenvalue weighted by molar-refractivity contribution is 7.19. The zero-order valence-corrected chi connectivity index (χ0v) is 21.2. The van der Waals surface area contributed by atoms with Crippen LogP contribution in [-0.4, -0.2) is 90.3 Å². The first-order chi connectivity index (χ1) is 17.2. The van der Waals surface area contributed by atoms with Gasteiger partial charge >= 0.3 is 12.3 Å². The van der Waals surface area contributed by atoms with Crippen LogP contribution in [0.15, 0.2) is 6.20 Å². The van der Waals surface area contributed by atoms with E-state index in [1.165, 1.54) is 11.3 Å². The number of halogens is 3. The molecule has 14 heteroatoms. The lowest BCUT2D eigenvalue weighted by molar-refractivity contribution is -0.137. The smallest absolute Gasteiger partial charge is 0.421 e. The van der Waals surface area contributed by atoms with Crippen molar-refractivity contribution < 1.29 is 22.7 Å². The van der Waals surface area contributed by atoms with Crippen molar-refractivity contribution in [3.05, 3.63) is 17.5 Å². The Morgan fingerprint density at radius 2 is 1.92 bits per heavy atom. The molecular formula is C22H31F3N8O2S. The van der Waals surface area contributed by atoms with Crippen LogP contribution in [0.1, 0.15) is 30.5 Å². The van der Waals surface area contributed by atoms with Gasteiger partial charge in [-0.25, -0.2) is 14.8 Å². The van der Waals surface area contributed by atoms with Crippen molar-refractivity contribution in [1.29, 1.82) is 0 Å². The lowest BCUT2D eigenvalue weighted by atomic mass is 10.3. The molecule has 2 saturated heterocycles. The molecular weight excluding hydrogens is 497 g/mol. The van der Waals surface area contributed by atoms with Crippen LogP contribution >= 0.6 is 11.3 Å². The second-order valence-corrected chi connectivity index (χ2v) is 9.85. The number of carbonyl (C=O) groups excluding carboxylic acids is 1. The Bertz CT molecular complexity index is 1040. The van der Waals surface area contributed by atoms with Gasteiger partial charge in [0, 0.05) is 52.0 Å². The number of nitrogens with one attached hydrogen (secondary N) is 2. The van der Waals surface area contributed by atoms with Crippen molar-refractivity contribution >= 4 is 39.3 Å². The summed E-state index contributed by atoms with van der Waals surface area (Å²) in [4.78, 5) is 30.6. The summed E-state index contributed by atoms with van der Waals surface area (Å²) in [6, 6.07) is 0. The summed E-state index contributed by atoms with van der Waals surface area (Å²) in [5.74, 6) is -0.252. The van der Waals surface area contributed by atoms with Crippen molar-refractivity contribution in [2.75, 3.05) is 75.0 Å². The molecule has 2 fully saturated rings. The van der Waals surface area contributed by atoms with Crippen molar-refractivity contribution in [1.82, 2.24) is 24.8 Å². The second kappa shape index (κ2) is 11.5. The number of piperazine rings is 1. The molecule has 0 aromatic carbocycles. The van der Waals surface area contributed by atoms with E-state index in [-0.39, 0.29) is 24.4 Å². The molecule has 2 aliphatic heterocycles. The SMILES string of the molecule is Cc1nc(N2CCN(C)CC2)sc1Nc1ncc(C(F)(F)F)c(NCCCN2CCCCOC2=O)n1. The standard InChI is InChI=1S/C22H31F3N8O2S/c1-15-18(36-20(28-15)32-11-9-31(2)10-12-32)30-19-27-14-16(22(23,24)25)17(29-19)26-6-5-8-33-7-3-4-13-35-21(33)34/h14H,3-13H2,1-2H3,(H2,26,27,29,30). The summed E-state index contributed by atoms with van der Waals surface area (Å²) in [5, 5.41) is 7.36. The first-order valence-corrected chi connectivity index (χ1v) is 12.8. The summed E-state index contributed by atoms with van der Waals surface area (Å²) in [7, 11) is 2.08. The normalized spacial score (nSPS) is 17.6. The molecule has 0 saturated carbocycles. The van der Waals surface area contributed by atoms with E-state index in [1.807, 2.05) is 6.92 Å². The highest BCUT2D eigenvalue weighted by Crippen LogP contribution is 2.36. The van der Waals surface area contributed by atoms with Crippen LogP contribution in [0.3, 0.4) is 0 Å². The van der Waals surface area contributed by atoms with Crippen LogP contribution < -0.4 is 15.5 Å². The van der Waals surface area contributed by atoms with Gasteiger partial charge in [0.25, 0.3) is 0 Å². The minimum atomic E-state index is -4.61. The van der Waals surface area contributed by atoms with E-state index in [4.69, 9.17) is 4.74 Å². The Labute approximate surface area is 211 Å². The van der Waals surface area contributed by atoms with Gasteiger partial charge in [-0.05, 0) is 33.2 Å². The first-order valence-electron chi connectivity index (χ1n) is 12.0. The van der Waals surface area contributed by atoms with Crippen LogP contribution in [0, 0.1) is 6.92 Å². The molecule has 1 amide bonds. The molecule has 10 nitrogen and oxygen atoms in total. The van der Waals surface area contributed by atoms with E-state index in [9.17, 15) is 18.0 Å². The zero-order valence-electron chi connectivity index (χ0n) is 20.4. The van der Waals surface area contributed by atoms with Gasteiger partial charge in [0.2, 0.25) is 5.95 Å². The average Bonchev–Trinajstić information content (AvgIpc) is 3.06. The number of aryl methyl sites for hydroxylation is 1. The molecule has 2 aliphatic rings. The minimum Gasteiger partial charge on any atom is -0.449 e. The van der Waals surface area contributed by atoms with Gasteiger partial charge in [0.05, 0.1) is 12.3 Å². The molecule has 2 aromatic heterocycles. The summed E-state index contributed by atoms with van der Waals surface area (Å²) in [6.45, 7) is 7.03. The van der Waals surface area contributed by atoms with E-state index in [2.05, 4.69) is 42.4 Å². The molecule has 2 aromatic rings. The molecule has 198 valence electrons. The number of cyclic esters (lactones) is 1. The number of carbonyl (C=O) groups is 1. The fourth-order valence-corrected chi connectivity index (χ4v) is 4.96. The van der Waals surface area contributed by atoms with Crippen molar-refractivity contribution in [2.24, 2.45) is 0 Å². The lowest BCUT2D eigenvalue weighted by Crippen LogP contribution is -2.44. The van der Waals surface area contributed by atoms with E-state index >= 15 is 0 Å². The molecule has 4 rings (SSSR count). The van der Waals surface area contributed by atoms with E-state index in [1.54, 1.807) is 4.90 Å². The molecule has 36 heavy (non-hydrogen) atoms. The summed E-state index contributed by atoms with van der Waals surface area (Å²) in [6.07, 6.45) is -2.12. The minimum absolute atomic E-state index is 0.0540. The maximum absolute atomic E-state index is 13.6. The predicted octanol–water partition coefficient (Wildman–Crippen LogP) is 3.79. The number of amides is 1. The summed E-state index contributed by atoms with van der Waals surface area (Å²) >= 11 is 1.43. The fourth-order valence-electron chi connectivity index (χ4n) is 3.94. The molecule has 0 spiro atoms.